The second-order valence-electron chi connectivity index (χ2n) is 11.4. The van der Waals surface area contributed by atoms with Crippen LogP contribution in [0.25, 0.3) is 0 Å². The Hall–Kier alpha value is -1.16. The van der Waals surface area contributed by atoms with Crippen molar-refractivity contribution in [2.45, 2.75) is 97.4 Å². The van der Waals surface area contributed by atoms with Gasteiger partial charge in [0.2, 0.25) is 0 Å². The van der Waals surface area contributed by atoms with Crippen LogP contribution in [0.4, 0.5) is 0 Å². The Labute approximate surface area is 189 Å². The Balaban J connectivity index is 1.76. The van der Waals surface area contributed by atoms with E-state index in [1.165, 1.54) is 31.3 Å². The Morgan fingerprint density at radius 2 is 1.84 bits per heavy atom. The van der Waals surface area contributed by atoms with Crippen molar-refractivity contribution in [1.82, 2.24) is 0 Å². The number of hydrogen-bond acceptors (Lipinski definition) is 3. The van der Waals surface area contributed by atoms with E-state index in [-0.39, 0.29) is 5.92 Å². The third-order valence-corrected chi connectivity index (χ3v) is 8.75. The topological polar surface area (TPSA) is 60.7 Å². The van der Waals surface area contributed by atoms with Crippen LogP contribution < -0.4 is 0 Å². The molecule has 0 spiro atoms. The fourth-order valence-corrected chi connectivity index (χ4v) is 6.32. The molecule has 0 amide bonds. The number of rotatable bonds is 5. The van der Waals surface area contributed by atoms with E-state index in [9.17, 15) is 15.3 Å². The van der Waals surface area contributed by atoms with Gasteiger partial charge in [-0.15, -0.1) is 0 Å². The van der Waals surface area contributed by atoms with Crippen LogP contribution in [0.3, 0.4) is 0 Å². The highest BCUT2D eigenvalue weighted by atomic mass is 16.3. The summed E-state index contributed by atoms with van der Waals surface area (Å²) in [5, 5.41) is 30.4. The van der Waals surface area contributed by atoms with Crippen LogP contribution in [0.5, 0.6) is 0 Å². The highest BCUT2D eigenvalue weighted by Crippen LogP contribution is 2.59. The average Bonchev–Trinajstić information content (AvgIpc) is 3.04. The van der Waals surface area contributed by atoms with Crippen LogP contribution in [0.15, 0.2) is 47.6 Å². The molecular formula is C28H44O3. The zero-order chi connectivity index (χ0) is 23.0. The Morgan fingerprint density at radius 3 is 2.52 bits per heavy atom. The molecule has 0 bridgehead atoms. The van der Waals surface area contributed by atoms with Gasteiger partial charge in [0.15, 0.2) is 0 Å². The van der Waals surface area contributed by atoms with E-state index in [4.69, 9.17) is 0 Å². The fraction of sp³-hybridized carbons (Fsp3) is 0.714. The molecule has 0 saturated heterocycles. The predicted molar refractivity (Wildman–Crippen MR) is 128 cm³/mol. The number of aliphatic hydroxyl groups is 3. The van der Waals surface area contributed by atoms with Crippen molar-refractivity contribution in [3.63, 3.8) is 0 Å². The molecule has 0 radical (unpaired) electrons. The van der Waals surface area contributed by atoms with Crippen LogP contribution in [-0.2, 0) is 0 Å². The molecule has 3 N–H and O–H groups in total. The Kier molecular flexibility index (Phi) is 7.40. The van der Waals surface area contributed by atoms with E-state index < -0.39 is 17.8 Å². The molecule has 3 aliphatic rings. The maximum atomic E-state index is 10.3. The molecule has 31 heavy (non-hydrogen) atoms. The third kappa shape index (κ3) is 5.26. The first-order valence-electron chi connectivity index (χ1n) is 12.3. The summed E-state index contributed by atoms with van der Waals surface area (Å²) in [7, 11) is 0. The van der Waals surface area contributed by atoms with Gasteiger partial charge in [-0.3, -0.25) is 0 Å². The smallest absolute Gasteiger partial charge is 0.0811 e. The molecule has 0 unspecified atom stereocenters. The third-order valence-electron chi connectivity index (χ3n) is 8.75. The summed E-state index contributed by atoms with van der Waals surface area (Å²) in [6.45, 7) is 14.7. The lowest BCUT2D eigenvalue weighted by atomic mass is 9.61. The lowest BCUT2D eigenvalue weighted by Crippen LogP contribution is -2.35. The molecule has 3 nitrogen and oxygen atoms in total. The SMILES string of the molecule is C=C1/C(=C\C=C2/CCC[C@]3(C)[C@@H]([C@@H](C)/C=C/[C@H](C)C(C)(C)O)CC[C@@H]23)C[C@@H](O)C[C@@H]1O. The maximum Gasteiger partial charge on any atom is 0.0811 e. The molecule has 3 heteroatoms. The van der Waals surface area contributed by atoms with Gasteiger partial charge in [0, 0.05) is 12.3 Å². The summed E-state index contributed by atoms with van der Waals surface area (Å²) in [5.41, 5.74) is 2.93. The lowest BCUT2D eigenvalue weighted by molar-refractivity contribution is 0.0436. The maximum absolute atomic E-state index is 10.3. The molecule has 0 aromatic carbocycles. The summed E-state index contributed by atoms with van der Waals surface area (Å²) in [6.07, 6.45) is 15.0. The first-order chi connectivity index (χ1) is 14.4. The Bertz CT molecular complexity index is 753. The first kappa shape index (κ1) is 24.5. The minimum absolute atomic E-state index is 0.141. The van der Waals surface area contributed by atoms with E-state index in [0.717, 1.165) is 17.6 Å². The van der Waals surface area contributed by atoms with Crippen molar-refractivity contribution in [3.8, 4) is 0 Å². The molecule has 7 atom stereocenters. The Morgan fingerprint density at radius 1 is 1.13 bits per heavy atom. The monoisotopic (exact) mass is 428 g/mol. The molecule has 0 aromatic heterocycles. The molecule has 3 fully saturated rings. The zero-order valence-electron chi connectivity index (χ0n) is 20.3. The van der Waals surface area contributed by atoms with Crippen molar-refractivity contribution < 1.29 is 15.3 Å². The van der Waals surface area contributed by atoms with E-state index in [0.29, 0.717) is 36.0 Å². The predicted octanol–water partition coefficient (Wildman–Crippen LogP) is 5.73. The van der Waals surface area contributed by atoms with E-state index >= 15 is 0 Å². The summed E-state index contributed by atoms with van der Waals surface area (Å²) in [4.78, 5) is 0. The lowest BCUT2D eigenvalue weighted by Gasteiger charge is -2.44. The highest BCUT2D eigenvalue weighted by molar-refractivity contribution is 5.38. The largest absolute Gasteiger partial charge is 0.393 e. The van der Waals surface area contributed by atoms with Crippen LogP contribution in [0.2, 0.25) is 0 Å². The van der Waals surface area contributed by atoms with Gasteiger partial charge in [-0.2, -0.15) is 0 Å². The molecule has 3 saturated carbocycles. The number of hydrogen-bond donors (Lipinski definition) is 3. The summed E-state index contributed by atoms with van der Waals surface area (Å²) in [6, 6.07) is 0. The van der Waals surface area contributed by atoms with Gasteiger partial charge in [0.1, 0.15) is 0 Å². The normalized spacial score (nSPS) is 39.3. The fourth-order valence-electron chi connectivity index (χ4n) is 6.32. The van der Waals surface area contributed by atoms with Crippen molar-refractivity contribution in [2.75, 3.05) is 0 Å². The van der Waals surface area contributed by atoms with Gasteiger partial charge >= 0.3 is 0 Å². The van der Waals surface area contributed by atoms with Crippen molar-refractivity contribution in [1.29, 1.82) is 0 Å². The van der Waals surface area contributed by atoms with Crippen LogP contribution in [0.1, 0.15) is 79.6 Å². The summed E-state index contributed by atoms with van der Waals surface area (Å²) < 4.78 is 0. The zero-order valence-corrected chi connectivity index (χ0v) is 20.3. The van der Waals surface area contributed by atoms with Gasteiger partial charge < -0.3 is 15.3 Å². The van der Waals surface area contributed by atoms with E-state index in [1.807, 2.05) is 13.8 Å². The second-order valence-corrected chi connectivity index (χ2v) is 11.4. The van der Waals surface area contributed by atoms with Crippen molar-refractivity contribution >= 4 is 0 Å². The highest BCUT2D eigenvalue weighted by Gasteiger charge is 2.50. The molecule has 0 aromatic rings. The minimum Gasteiger partial charge on any atom is -0.393 e. The first-order valence-corrected chi connectivity index (χ1v) is 12.3. The molecule has 0 heterocycles. The molecular weight excluding hydrogens is 384 g/mol. The molecule has 3 rings (SSSR count). The molecule has 3 aliphatic carbocycles. The molecule has 174 valence electrons. The van der Waals surface area contributed by atoms with Crippen molar-refractivity contribution in [2.24, 2.45) is 29.1 Å². The average molecular weight is 429 g/mol. The number of aliphatic hydroxyl groups excluding tert-OH is 2. The second kappa shape index (κ2) is 9.37. The van der Waals surface area contributed by atoms with Gasteiger partial charge in [-0.05, 0) is 86.7 Å². The standard InChI is InChI=1S/C28H44O3/c1-18(9-10-19(2)27(4,5)31)24-13-14-25-21(8-7-15-28(24,25)6)11-12-22-16-23(29)17-26(30)20(22)3/h9-12,18-19,23-26,29-31H,3,7-8,13-17H2,1-2,4-6H3/b10-9+,21-11+,22-12-/t18-,19-,23+,24+,25-,26-,28+/m0/s1. The van der Waals surface area contributed by atoms with Crippen molar-refractivity contribution in [3.05, 3.63) is 47.6 Å². The number of fused-ring (bicyclic) bond motifs is 1. The minimum atomic E-state index is -0.684. The van der Waals surface area contributed by atoms with E-state index in [1.54, 1.807) is 0 Å². The van der Waals surface area contributed by atoms with Crippen LogP contribution >= 0.6 is 0 Å². The summed E-state index contributed by atoms with van der Waals surface area (Å²) in [5.74, 6) is 1.91. The van der Waals surface area contributed by atoms with Crippen LogP contribution in [0, 0.1) is 29.1 Å². The van der Waals surface area contributed by atoms with Gasteiger partial charge in [-0.25, -0.2) is 0 Å². The van der Waals surface area contributed by atoms with Gasteiger partial charge in [-0.1, -0.05) is 57.2 Å². The number of allylic oxidation sites excluding steroid dienone is 4. The van der Waals surface area contributed by atoms with Crippen LogP contribution in [-0.4, -0.2) is 33.1 Å². The quantitative estimate of drug-likeness (QED) is 0.490. The van der Waals surface area contributed by atoms with E-state index in [2.05, 4.69) is 51.7 Å². The van der Waals surface area contributed by atoms with Gasteiger partial charge in [0.25, 0.3) is 0 Å². The summed E-state index contributed by atoms with van der Waals surface area (Å²) >= 11 is 0. The molecule has 0 aliphatic heterocycles. The van der Waals surface area contributed by atoms with Gasteiger partial charge in [0.05, 0.1) is 17.8 Å².